The predicted octanol–water partition coefficient (Wildman–Crippen LogP) is 4.94. The SMILES string of the molecule is CO[C@]1(c2ccc(Cl)cc2)c2ccc(C(C)(O)c3cncnc3)cc2C(=O)N1Cc1ccc(Cl)cn1. The van der Waals surface area contributed by atoms with Gasteiger partial charge < -0.3 is 9.84 Å². The van der Waals surface area contributed by atoms with Crippen molar-refractivity contribution < 1.29 is 14.6 Å². The van der Waals surface area contributed by atoms with E-state index in [1.807, 2.05) is 18.2 Å². The monoisotopic (exact) mass is 520 g/mol. The lowest BCUT2D eigenvalue weighted by atomic mass is 9.86. The molecular formula is C27H22Cl2N4O3. The fourth-order valence-electron chi connectivity index (χ4n) is 4.64. The van der Waals surface area contributed by atoms with Gasteiger partial charge in [0, 0.05) is 53.0 Å². The van der Waals surface area contributed by atoms with E-state index < -0.39 is 11.3 Å². The van der Waals surface area contributed by atoms with Gasteiger partial charge in [-0.2, -0.15) is 0 Å². The van der Waals surface area contributed by atoms with Crippen LogP contribution in [0.3, 0.4) is 0 Å². The van der Waals surface area contributed by atoms with Crippen molar-refractivity contribution in [2.24, 2.45) is 0 Å². The van der Waals surface area contributed by atoms with E-state index in [4.69, 9.17) is 27.9 Å². The van der Waals surface area contributed by atoms with E-state index in [-0.39, 0.29) is 12.5 Å². The quantitative estimate of drug-likeness (QED) is 0.387. The molecule has 0 saturated carbocycles. The zero-order chi connectivity index (χ0) is 25.5. The maximum atomic E-state index is 14.0. The van der Waals surface area contributed by atoms with Crippen molar-refractivity contribution in [2.75, 3.05) is 7.11 Å². The summed E-state index contributed by atoms with van der Waals surface area (Å²) in [5.74, 6) is -0.263. The highest BCUT2D eigenvalue weighted by Crippen LogP contribution is 2.47. The van der Waals surface area contributed by atoms with E-state index in [1.54, 1.807) is 73.9 Å². The Balaban J connectivity index is 1.67. The van der Waals surface area contributed by atoms with Gasteiger partial charge in [-0.05, 0) is 42.8 Å². The lowest BCUT2D eigenvalue weighted by molar-refractivity contribution is -0.0868. The molecule has 1 N–H and O–H groups in total. The number of hydrogen-bond acceptors (Lipinski definition) is 6. The number of halogens is 2. The van der Waals surface area contributed by atoms with E-state index in [1.165, 1.54) is 6.33 Å². The third-order valence-corrected chi connectivity index (χ3v) is 7.04. The highest BCUT2D eigenvalue weighted by molar-refractivity contribution is 6.30. The number of amides is 1. The van der Waals surface area contributed by atoms with Crippen molar-refractivity contribution in [3.8, 4) is 0 Å². The van der Waals surface area contributed by atoms with Crippen LogP contribution >= 0.6 is 23.2 Å². The lowest BCUT2D eigenvalue weighted by Gasteiger charge is -2.38. The standard InChI is InChI=1S/C27H22Cl2N4O3/c1-26(35,19-12-30-16-31-13-19)18-5-10-24-23(11-18)25(34)33(15-22-9-8-21(29)14-32-22)27(24,36-2)17-3-6-20(28)7-4-17/h3-14,16,35H,15H2,1-2H3/t26?,27-/m1/s1. The number of aromatic nitrogens is 3. The molecule has 7 nitrogen and oxygen atoms in total. The number of nitrogens with zero attached hydrogens (tertiary/aromatic N) is 4. The molecule has 1 aliphatic rings. The number of methoxy groups -OCH3 is 1. The fourth-order valence-corrected chi connectivity index (χ4v) is 4.88. The molecule has 0 bridgehead atoms. The number of ether oxygens (including phenoxy) is 1. The Hall–Kier alpha value is -3.36. The molecule has 3 heterocycles. The number of carbonyl (C=O) groups excluding carboxylic acids is 1. The first-order valence-corrected chi connectivity index (χ1v) is 11.9. The molecule has 5 rings (SSSR count). The van der Waals surface area contributed by atoms with E-state index in [0.29, 0.717) is 38.0 Å². The van der Waals surface area contributed by atoms with Crippen molar-refractivity contribution in [1.29, 1.82) is 0 Å². The first kappa shape index (κ1) is 24.3. The molecule has 2 aromatic heterocycles. The van der Waals surface area contributed by atoms with Crippen LogP contribution in [0.2, 0.25) is 10.0 Å². The molecule has 2 atom stereocenters. The summed E-state index contributed by atoms with van der Waals surface area (Å²) in [6.07, 6.45) is 6.04. The third-order valence-electron chi connectivity index (χ3n) is 6.56. The molecule has 1 aliphatic heterocycles. The average molecular weight is 521 g/mol. The summed E-state index contributed by atoms with van der Waals surface area (Å²) in [4.78, 5) is 28.0. The normalized spacial score (nSPS) is 18.7. The highest BCUT2D eigenvalue weighted by atomic mass is 35.5. The lowest BCUT2D eigenvalue weighted by Crippen LogP contribution is -2.45. The summed E-state index contributed by atoms with van der Waals surface area (Å²) in [5.41, 5.74) is 0.808. The third kappa shape index (κ3) is 3.94. The van der Waals surface area contributed by atoms with Crippen LogP contribution in [0.5, 0.6) is 0 Å². The summed E-state index contributed by atoms with van der Waals surface area (Å²) in [5, 5.41) is 12.4. The van der Waals surface area contributed by atoms with Crippen molar-refractivity contribution in [3.05, 3.63) is 123 Å². The molecule has 36 heavy (non-hydrogen) atoms. The number of pyridine rings is 1. The van der Waals surface area contributed by atoms with Crippen LogP contribution in [0.25, 0.3) is 0 Å². The molecular weight excluding hydrogens is 499 g/mol. The van der Waals surface area contributed by atoms with Gasteiger partial charge in [-0.15, -0.1) is 0 Å². The highest BCUT2D eigenvalue weighted by Gasteiger charge is 2.52. The van der Waals surface area contributed by atoms with Crippen LogP contribution in [-0.4, -0.2) is 38.0 Å². The van der Waals surface area contributed by atoms with Gasteiger partial charge in [-0.3, -0.25) is 14.7 Å². The van der Waals surface area contributed by atoms with Gasteiger partial charge in [0.1, 0.15) is 11.9 Å². The Kier molecular flexibility index (Phi) is 6.26. The van der Waals surface area contributed by atoms with E-state index in [2.05, 4.69) is 15.0 Å². The van der Waals surface area contributed by atoms with Crippen molar-refractivity contribution >= 4 is 29.1 Å². The summed E-state index contributed by atoms with van der Waals surface area (Å²) in [6, 6.07) is 16.0. The first-order valence-electron chi connectivity index (χ1n) is 11.1. The number of rotatable bonds is 6. The number of aliphatic hydroxyl groups is 1. The van der Waals surface area contributed by atoms with Crippen LogP contribution in [-0.2, 0) is 22.6 Å². The summed E-state index contributed by atoms with van der Waals surface area (Å²) < 4.78 is 6.17. The molecule has 0 spiro atoms. The largest absolute Gasteiger partial charge is 0.381 e. The Morgan fingerprint density at radius 3 is 2.31 bits per heavy atom. The first-order chi connectivity index (χ1) is 17.3. The van der Waals surface area contributed by atoms with Gasteiger partial charge in [0.15, 0.2) is 5.72 Å². The predicted molar refractivity (Wildman–Crippen MR) is 136 cm³/mol. The van der Waals surface area contributed by atoms with Gasteiger partial charge in [0.05, 0.1) is 17.3 Å². The van der Waals surface area contributed by atoms with Crippen molar-refractivity contribution in [1.82, 2.24) is 19.9 Å². The molecule has 0 radical (unpaired) electrons. The average Bonchev–Trinajstić information content (AvgIpc) is 3.14. The Morgan fingerprint density at radius 2 is 1.67 bits per heavy atom. The molecule has 0 fully saturated rings. The van der Waals surface area contributed by atoms with E-state index >= 15 is 0 Å². The molecule has 1 amide bonds. The molecule has 0 saturated heterocycles. The second kappa shape index (κ2) is 9.26. The summed E-state index contributed by atoms with van der Waals surface area (Å²) >= 11 is 12.2. The van der Waals surface area contributed by atoms with Crippen LogP contribution in [0, 0.1) is 0 Å². The second-order valence-electron chi connectivity index (χ2n) is 8.67. The molecule has 1 unspecified atom stereocenters. The number of benzene rings is 2. The topological polar surface area (TPSA) is 88.4 Å². The maximum absolute atomic E-state index is 14.0. The number of carbonyl (C=O) groups is 1. The molecule has 182 valence electrons. The zero-order valence-corrected chi connectivity index (χ0v) is 21.0. The minimum atomic E-state index is -1.42. The maximum Gasteiger partial charge on any atom is 0.257 e. The van der Waals surface area contributed by atoms with E-state index in [0.717, 1.165) is 5.56 Å². The smallest absolute Gasteiger partial charge is 0.257 e. The van der Waals surface area contributed by atoms with Crippen LogP contribution in [0.15, 0.2) is 79.5 Å². The molecule has 2 aromatic carbocycles. The van der Waals surface area contributed by atoms with Crippen LogP contribution < -0.4 is 0 Å². The minimum absolute atomic E-state index is 0.166. The molecule has 0 aliphatic carbocycles. The number of hydrogen-bond donors (Lipinski definition) is 1. The van der Waals surface area contributed by atoms with Gasteiger partial charge >= 0.3 is 0 Å². The summed E-state index contributed by atoms with van der Waals surface area (Å²) in [7, 11) is 1.56. The molecule has 9 heteroatoms. The van der Waals surface area contributed by atoms with Crippen LogP contribution in [0.4, 0.5) is 0 Å². The zero-order valence-electron chi connectivity index (χ0n) is 19.5. The number of fused-ring (bicyclic) bond motifs is 1. The van der Waals surface area contributed by atoms with Crippen molar-refractivity contribution in [3.63, 3.8) is 0 Å². The van der Waals surface area contributed by atoms with Gasteiger partial charge in [-0.1, -0.05) is 47.5 Å². The van der Waals surface area contributed by atoms with Gasteiger partial charge in [0.25, 0.3) is 5.91 Å². The summed E-state index contributed by atoms with van der Waals surface area (Å²) in [6.45, 7) is 1.81. The van der Waals surface area contributed by atoms with E-state index in [9.17, 15) is 9.90 Å². The van der Waals surface area contributed by atoms with Crippen molar-refractivity contribution in [2.45, 2.75) is 24.8 Å². The Bertz CT molecular complexity index is 1410. The second-order valence-corrected chi connectivity index (χ2v) is 9.55. The van der Waals surface area contributed by atoms with Gasteiger partial charge in [0.2, 0.25) is 0 Å². The molecule has 4 aromatic rings. The fraction of sp³-hybridized carbons (Fsp3) is 0.185. The van der Waals surface area contributed by atoms with Gasteiger partial charge in [-0.25, -0.2) is 9.97 Å². The minimum Gasteiger partial charge on any atom is -0.381 e. The van der Waals surface area contributed by atoms with Crippen LogP contribution in [0.1, 0.15) is 45.2 Å². The Labute approximate surface area is 218 Å². The Morgan fingerprint density at radius 1 is 0.972 bits per heavy atom.